The van der Waals surface area contributed by atoms with Gasteiger partial charge in [0.1, 0.15) is 0 Å². The molecule has 20 heavy (non-hydrogen) atoms. The maximum atomic E-state index is 6.63. The van der Waals surface area contributed by atoms with E-state index in [2.05, 4.69) is 24.0 Å². The van der Waals surface area contributed by atoms with Gasteiger partial charge < -0.3 is 5.73 Å². The minimum absolute atomic E-state index is 0.306. The molecule has 2 fully saturated rings. The molecule has 2 heteroatoms. The van der Waals surface area contributed by atoms with Gasteiger partial charge in [0.25, 0.3) is 0 Å². The first-order chi connectivity index (χ1) is 9.75. The van der Waals surface area contributed by atoms with Gasteiger partial charge in [0.15, 0.2) is 0 Å². The van der Waals surface area contributed by atoms with Gasteiger partial charge in [-0.2, -0.15) is 0 Å². The summed E-state index contributed by atoms with van der Waals surface area (Å²) in [5, 5.41) is 0. The average molecular weight is 272 g/mol. The summed E-state index contributed by atoms with van der Waals surface area (Å²) in [6, 6.07) is 4.55. The van der Waals surface area contributed by atoms with Crippen LogP contribution < -0.4 is 5.73 Å². The highest BCUT2D eigenvalue weighted by Crippen LogP contribution is 2.44. The van der Waals surface area contributed by atoms with Gasteiger partial charge in [-0.1, -0.05) is 32.6 Å². The van der Waals surface area contributed by atoms with E-state index in [1.54, 1.807) is 0 Å². The number of hydrogen-bond acceptors (Lipinski definition) is 2. The third-order valence-corrected chi connectivity index (χ3v) is 5.93. The van der Waals surface area contributed by atoms with Crippen molar-refractivity contribution in [3.63, 3.8) is 0 Å². The van der Waals surface area contributed by atoms with Crippen LogP contribution in [0.4, 0.5) is 0 Å². The summed E-state index contributed by atoms with van der Waals surface area (Å²) in [7, 11) is 0. The smallest absolute Gasteiger partial charge is 0.0270 e. The highest BCUT2D eigenvalue weighted by atomic mass is 14.7. The van der Waals surface area contributed by atoms with Crippen molar-refractivity contribution < 1.29 is 0 Å². The molecule has 0 spiro atoms. The molecule has 5 atom stereocenters. The molecule has 5 unspecified atom stereocenters. The molecule has 0 bridgehead atoms. The molecule has 2 aliphatic carbocycles. The Morgan fingerprint density at radius 3 is 2.50 bits per heavy atom. The zero-order chi connectivity index (χ0) is 13.9. The van der Waals surface area contributed by atoms with Gasteiger partial charge in [0.05, 0.1) is 0 Å². The summed E-state index contributed by atoms with van der Waals surface area (Å²) in [4.78, 5) is 4.11. The molecule has 2 nitrogen and oxygen atoms in total. The van der Waals surface area contributed by atoms with Gasteiger partial charge >= 0.3 is 0 Å². The van der Waals surface area contributed by atoms with Crippen LogP contribution >= 0.6 is 0 Å². The average Bonchev–Trinajstić information content (AvgIpc) is 2.54. The predicted octanol–water partition coefficient (Wildman–Crippen LogP) is 4.12. The first kappa shape index (κ1) is 14.1. The maximum absolute atomic E-state index is 6.63. The van der Waals surface area contributed by atoms with Crippen LogP contribution in [0.2, 0.25) is 0 Å². The van der Waals surface area contributed by atoms with Crippen molar-refractivity contribution in [3.05, 3.63) is 30.1 Å². The standard InChI is InChI=1S/C18H28N2/c1-13(14-8-10-20-11-9-14)18(19)17-7-6-15-4-2-3-5-16(15)12-17/h8-11,13,15-18H,2-7,12,19H2,1H3. The van der Waals surface area contributed by atoms with Crippen molar-refractivity contribution in [2.24, 2.45) is 23.5 Å². The minimum atomic E-state index is 0.306. The summed E-state index contributed by atoms with van der Waals surface area (Å²) in [6.07, 6.45) is 13.8. The number of fused-ring (bicyclic) bond motifs is 1. The summed E-state index contributed by atoms with van der Waals surface area (Å²) >= 11 is 0. The molecule has 0 amide bonds. The fourth-order valence-corrected chi connectivity index (χ4v) is 4.56. The van der Waals surface area contributed by atoms with E-state index in [0.29, 0.717) is 12.0 Å². The first-order valence-corrected chi connectivity index (χ1v) is 8.41. The molecule has 0 radical (unpaired) electrons. The van der Waals surface area contributed by atoms with Crippen molar-refractivity contribution in [2.75, 3.05) is 0 Å². The zero-order valence-corrected chi connectivity index (χ0v) is 12.7. The van der Waals surface area contributed by atoms with Crippen molar-refractivity contribution in [1.82, 2.24) is 4.98 Å². The van der Waals surface area contributed by atoms with Crippen molar-refractivity contribution in [3.8, 4) is 0 Å². The third kappa shape index (κ3) is 2.90. The van der Waals surface area contributed by atoms with Crippen molar-refractivity contribution in [1.29, 1.82) is 0 Å². The zero-order valence-electron chi connectivity index (χ0n) is 12.7. The summed E-state index contributed by atoms with van der Waals surface area (Å²) in [5.74, 6) is 3.15. The molecule has 2 aliphatic rings. The molecular weight excluding hydrogens is 244 g/mol. The lowest BCUT2D eigenvalue weighted by atomic mass is 9.65. The third-order valence-electron chi connectivity index (χ3n) is 5.93. The highest BCUT2D eigenvalue weighted by Gasteiger charge is 2.35. The lowest BCUT2D eigenvalue weighted by Crippen LogP contribution is -2.40. The van der Waals surface area contributed by atoms with Crippen LogP contribution in [0.1, 0.15) is 63.4 Å². The second kappa shape index (κ2) is 6.26. The number of aromatic nitrogens is 1. The van der Waals surface area contributed by atoms with Crippen LogP contribution in [0.5, 0.6) is 0 Å². The Hall–Kier alpha value is -0.890. The van der Waals surface area contributed by atoms with Gasteiger partial charge in [-0.15, -0.1) is 0 Å². The highest BCUT2D eigenvalue weighted by molar-refractivity contribution is 5.17. The van der Waals surface area contributed by atoms with Crippen molar-refractivity contribution >= 4 is 0 Å². The Labute approximate surface area is 123 Å². The number of hydrogen-bond donors (Lipinski definition) is 1. The first-order valence-electron chi connectivity index (χ1n) is 8.41. The van der Waals surface area contributed by atoms with Crippen LogP contribution in [0.25, 0.3) is 0 Å². The molecule has 0 saturated heterocycles. The van der Waals surface area contributed by atoms with Gasteiger partial charge in [-0.3, -0.25) is 4.98 Å². The molecule has 3 rings (SSSR count). The molecule has 1 aromatic rings. The Morgan fingerprint density at radius 2 is 1.75 bits per heavy atom. The van der Waals surface area contributed by atoms with Gasteiger partial charge in [-0.25, -0.2) is 0 Å². The van der Waals surface area contributed by atoms with Gasteiger partial charge in [0, 0.05) is 18.4 Å². The van der Waals surface area contributed by atoms with E-state index in [4.69, 9.17) is 5.73 Å². The molecule has 110 valence electrons. The number of nitrogens with zero attached hydrogens (tertiary/aromatic N) is 1. The molecular formula is C18H28N2. The number of nitrogens with two attached hydrogens (primary N) is 1. The summed E-state index contributed by atoms with van der Waals surface area (Å²) in [5.41, 5.74) is 7.97. The van der Waals surface area contributed by atoms with E-state index in [1.807, 2.05) is 12.4 Å². The largest absolute Gasteiger partial charge is 0.327 e. The Bertz CT molecular complexity index is 417. The molecule has 2 N–H and O–H groups in total. The van der Waals surface area contributed by atoms with Crippen LogP contribution in [-0.4, -0.2) is 11.0 Å². The monoisotopic (exact) mass is 272 g/mol. The quantitative estimate of drug-likeness (QED) is 0.899. The molecule has 1 heterocycles. The molecule has 1 aromatic heterocycles. The Morgan fingerprint density at radius 1 is 1.05 bits per heavy atom. The topological polar surface area (TPSA) is 38.9 Å². The van der Waals surface area contributed by atoms with E-state index in [1.165, 1.54) is 50.5 Å². The van der Waals surface area contributed by atoms with Gasteiger partial charge in [0.2, 0.25) is 0 Å². The molecule has 0 aromatic carbocycles. The normalized spacial score (nSPS) is 33.2. The Kier molecular flexibility index (Phi) is 4.40. The Balaban J connectivity index is 1.64. The lowest BCUT2D eigenvalue weighted by Gasteiger charge is -2.42. The van der Waals surface area contributed by atoms with E-state index in [0.717, 1.165) is 17.8 Å². The SMILES string of the molecule is CC(c1ccncc1)C(N)C1CCC2CCCCC2C1. The maximum Gasteiger partial charge on any atom is 0.0270 e. The number of pyridine rings is 1. The fraction of sp³-hybridized carbons (Fsp3) is 0.722. The number of rotatable bonds is 3. The summed E-state index contributed by atoms with van der Waals surface area (Å²) < 4.78 is 0. The van der Waals surface area contributed by atoms with Gasteiger partial charge in [-0.05, 0) is 60.6 Å². The van der Waals surface area contributed by atoms with E-state index in [9.17, 15) is 0 Å². The second-order valence-electron chi connectivity index (χ2n) is 7.02. The van der Waals surface area contributed by atoms with E-state index >= 15 is 0 Å². The van der Waals surface area contributed by atoms with E-state index < -0.39 is 0 Å². The molecule has 2 saturated carbocycles. The van der Waals surface area contributed by atoms with Crippen LogP contribution in [-0.2, 0) is 0 Å². The van der Waals surface area contributed by atoms with E-state index in [-0.39, 0.29) is 0 Å². The summed E-state index contributed by atoms with van der Waals surface area (Å²) in [6.45, 7) is 2.28. The van der Waals surface area contributed by atoms with Crippen LogP contribution in [0.15, 0.2) is 24.5 Å². The van der Waals surface area contributed by atoms with Crippen molar-refractivity contribution in [2.45, 2.75) is 63.8 Å². The lowest BCUT2D eigenvalue weighted by molar-refractivity contribution is 0.113. The second-order valence-corrected chi connectivity index (χ2v) is 7.02. The van der Waals surface area contributed by atoms with Crippen LogP contribution in [0.3, 0.4) is 0 Å². The molecule has 0 aliphatic heterocycles. The fourth-order valence-electron chi connectivity index (χ4n) is 4.56. The minimum Gasteiger partial charge on any atom is -0.327 e. The van der Waals surface area contributed by atoms with Crippen LogP contribution in [0, 0.1) is 17.8 Å². The predicted molar refractivity (Wildman–Crippen MR) is 83.4 cm³/mol.